The van der Waals surface area contributed by atoms with Gasteiger partial charge in [0.1, 0.15) is 12.1 Å². The zero-order valence-corrected chi connectivity index (χ0v) is 8.96. The Morgan fingerprint density at radius 2 is 2.29 bits per heavy atom. The summed E-state index contributed by atoms with van der Waals surface area (Å²) in [5.74, 6) is 1.63. The lowest BCUT2D eigenvalue weighted by molar-refractivity contribution is 0.341. The van der Waals surface area contributed by atoms with Crippen LogP contribution in [0.15, 0.2) is 12.4 Å². The van der Waals surface area contributed by atoms with Crippen LogP contribution in [-0.4, -0.2) is 21.9 Å². The van der Waals surface area contributed by atoms with Crippen LogP contribution >= 0.6 is 11.6 Å². The molecule has 0 bridgehead atoms. The topological polar surface area (TPSA) is 37.8 Å². The van der Waals surface area contributed by atoms with E-state index in [2.05, 4.69) is 15.3 Å². The van der Waals surface area contributed by atoms with E-state index in [1.54, 1.807) is 6.33 Å². The summed E-state index contributed by atoms with van der Waals surface area (Å²) in [7, 11) is 0. The van der Waals surface area contributed by atoms with Crippen molar-refractivity contribution in [3.05, 3.63) is 18.1 Å². The van der Waals surface area contributed by atoms with E-state index >= 15 is 0 Å². The third-order valence-electron chi connectivity index (χ3n) is 2.55. The van der Waals surface area contributed by atoms with E-state index in [9.17, 15) is 0 Å². The average molecular weight is 212 g/mol. The molecule has 1 N–H and O–H groups in total. The van der Waals surface area contributed by atoms with Gasteiger partial charge in [-0.3, -0.25) is 0 Å². The Kier molecular flexibility index (Phi) is 2.87. The van der Waals surface area contributed by atoms with Crippen molar-refractivity contribution in [3.63, 3.8) is 0 Å². The van der Waals surface area contributed by atoms with E-state index < -0.39 is 0 Å². The lowest BCUT2D eigenvalue weighted by Crippen LogP contribution is -2.30. The monoisotopic (exact) mass is 211 g/mol. The average Bonchev–Trinajstić information content (AvgIpc) is 2.11. The van der Waals surface area contributed by atoms with Crippen molar-refractivity contribution in [2.45, 2.75) is 25.1 Å². The van der Waals surface area contributed by atoms with Gasteiger partial charge in [-0.25, -0.2) is 9.97 Å². The van der Waals surface area contributed by atoms with Gasteiger partial charge >= 0.3 is 0 Å². The molecule has 2 rings (SSSR count). The first-order chi connectivity index (χ1) is 6.74. The highest BCUT2D eigenvalue weighted by Crippen LogP contribution is 2.31. The Bertz CT molecular complexity index is 310. The highest BCUT2D eigenvalue weighted by atomic mass is 35.5. The Morgan fingerprint density at radius 1 is 1.50 bits per heavy atom. The molecule has 3 nitrogen and oxygen atoms in total. The van der Waals surface area contributed by atoms with Gasteiger partial charge in [-0.05, 0) is 25.7 Å². The summed E-state index contributed by atoms with van der Waals surface area (Å²) >= 11 is 5.90. The Labute approximate surface area is 88.9 Å². The molecule has 76 valence electrons. The van der Waals surface area contributed by atoms with Gasteiger partial charge < -0.3 is 5.32 Å². The minimum Gasteiger partial charge on any atom is -0.370 e. The summed E-state index contributed by atoms with van der Waals surface area (Å²) in [5.41, 5.74) is 0.992. The molecule has 0 unspecified atom stereocenters. The van der Waals surface area contributed by atoms with Gasteiger partial charge in [-0.2, -0.15) is 0 Å². The number of halogens is 1. The number of anilines is 1. The molecule has 4 heteroatoms. The summed E-state index contributed by atoms with van der Waals surface area (Å²) in [6, 6.07) is 1.96. The summed E-state index contributed by atoms with van der Waals surface area (Å²) in [5, 5.41) is 3.70. The molecule has 1 saturated carbocycles. The number of nitrogens with one attached hydrogen (secondary N) is 1. The van der Waals surface area contributed by atoms with E-state index in [0.717, 1.165) is 30.9 Å². The van der Waals surface area contributed by atoms with Crippen molar-refractivity contribution in [1.82, 2.24) is 9.97 Å². The first-order valence-corrected chi connectivity index (χ1v) is 5.34. The molecule has 0 aliphatic heterocycles. The van der Waals surface area contributed by atoms with Crippen LogP contribution in [0.5, 0.6) is 0 Å². The number of hydrogen-bond donors (Lipinski definition) is 1. The molecule has 1 fully saturated rings. The van der Waals surface area contributed by atoms with Crippen molar-refractivity contribution in [1.29, 1.82) is 0 Å². The molecule has 0 atom stereocenters. The van der Waals surface area contributed by atoms with Gasteiger partial charge in [-0.1, -0.05) is 0 Å². The fraction of sp³-hybridized carbons (Fsp3) is 0.600. The molecule has 0 saturated heterocycles. The summed E-state index contributed by atoms with van der Waals surface area (Å²) in [4.78, 5) is 8.17. The number of nitrogens with zero attached hydrogens (tertiary/aromatic N) is 2. The van der Waals surface area contributed by atoms with Crippen LogP contribution < -0.4 is 5.32 Å². The maximum atomic E-state index is 5.90. The van der Waals surface area contributed by atoms with Crippen molar-refractivity contribution in [2.24, 2.45) is 5.92 Å². The van der Waals surface area contributed by atoms with Crippen LogP contribution in [0.25, 0.3) is 0 Å². The van der Waals surface area contributed by atoms with Gasteiger partial charge in [0.25, 0.3) is 0 Å². The van der Waals surface area contributed by atoms with Gasteiger partial charge in [-0.15, -0.1) is 11.6 Å². The molecular weight excluding hydrogens is 198 g/mol. The lowest BCUT2D eigenvalue weighted by atomic mass is 9.85. The number of aryl methyl sites for hydroxylation is 1. The summed E-state index contributed by atoms with van der Waals surface area (Å²) < 4.78 is 0. The lowest BCUT2D eigenvalue weighted by Gasteiger charge is -2.30. The number of aromatic nitrogens is 2. The second-order valence-corrected chi connectivity index (χ2v) is 4.48. The van der Waals surface area contributed by atoms with E-state index in [-0.39, 0.29) is 0 Å². The minimum absolute atomic E-state index is 0.397. The van der Waals surface area contributed by atoms with Gasteiger partial charge in [0.15, 0.2) is 0 Å². The van der Waals surface area contributed by atoms with Crippen LogP contribution in [0, 0.1) is 12.8 Å². The molecule has 14 heavy (non-hydrogen) atoms. The zero-order chi connectivity index (χ0) is 9.97. The van der Waals surface area contributed by atoms with E-state index in [1.807, 2.05) is 13.0 Å². The van der Waals surface area contributed by atoms with Crippen LogP contribution in [0.1, 0.15) is 18.5 Å². The first-order valence-electron chi connectivity index (χ1n) is 4.90. The summed E-state index contributed by atoms with van der Waals surface area (Å²) in [6.07, 6.45) is 3.83. The third-order valence-corrected chi connectivity index (χ3v) is 2.91. The number of hydrogen-bond acceptors (Lipinski definition) is 3. The molecule has 1 aromatic rings. The molecule has 0 spiro atoms. The van der Waals surface area contributed by atoms with Crippen molar-refractivity contribution >= 4 is 17.4 Å². The highest BCUT2D eigenvalue weighted by Gasteiger charge is 2.26. The van der Waals surface area contributed by atoms with Crippen LogP contribution in [-0.2, 0) is 0 Å². The van der Waals surface area contributed by atoms with E-state index in [4.69, 9.17) is 11.6 Å². The second-order valence-electron chi connectivity index (χ2n) is 3.86. The Balaban J connectivity index is 1.80. The molecule has 1 aromatic heterocycles. The second kappa shape index (κ2) is 4.13. The maximum Gasteiger partial charge on any atom is 0.129 e. The molecule has 0 radical (unpaired) electrons. The number of alkyl halides is 1. The largest absolute Gasteiger partial charge is 0.370 e. The summed E-state index contributed by atoms with van der Waals surface area (Å²) in [6.45, 7) is 2.94. The van der Waals surface area contributed by atoms with Crippen LogP contribution in [0.4, 0.5) is 5.82 Å². The predicted octanol–water partition coefficient (Wildman–Crippen LogP) is 2.21. The third kappa shape index (κ3) is 2.35. The van der Waals surface area contributed by atoms with Crippen LogP contribution in [0.2, 0.25) is 0 Å². The van der Waals surface area contributed by atoms with E-state index in [0.29, 0.717) is 11.3 Å². The Hall–Kier alpha value is -0.830. The highest BCUT2D eigenvalue weighted by molar-refractivity contribution is 6.21. The smallest absolute Gasteiger partial charge is 0.129 e. The maximum absolute atomic E-state index is 5.90. The predicted molar refractivity (Wildman–Crippen MR) is 57.6 cm³/mol. The zero-order valence-electron chi connectivity index (χ0n) is 8.20. The molecule has 1 aliphatic carbocycles. The van der Waals surface area contributed by atoms with Crippen molar-refractivity contribution in [2.75, 3.05) is 11.9 Å². The fourth-order valence-electron chi connectivity index (χ4n) is 1.62. The quantitative estimate of drug-likeness (QED) is 0.780. The number of rotatable bonds is 3. The van der Waals surface area contributed by atoms with Crippen molar-refractivity contribution in [3.8, 4) is 0 Å². The first kappa shape index (κ1) is 9.71. The SMILES string of the molecule is Cc1cc(NCC2CC(Cl)C2)ncn1. The molecule has 0 amide bonds. The van der Waals surface area contributed by atoms with Gasteiger partial charge in [0.05, 0.1) is 0 Å². The molecule has 0 aromatic carbocycles. The van der Waals surface area contributed by atoms with Gasteiger partial charge in [0, 0.05) is 23.7 Å². The fourth-order valence-corrected chi connectivity index (χ4v) is 2.13. The molecule has 1 heterocycles. The normalized spacial score (nSPS) is 25.6. The van der Waals surface area contributed by atoms with Crippen LogP contribution in [0.3, 0.4) is 0 Å². The van der Waals surface area contributed by atoms with Crippen molar-refractivity contribution < 1.29 is 0 Å². The van der Waals surface area contributed by atoms with Gasteiger partial charge in [0.2, 0.25) is 0 Å². The Morgan fingerprint density at radius 3 is 2.93 bits per heavy atom. The molecule has 1 aliphatic rings. The minimum atomic E-state index is 0.397. The molecular formula is C10H14ClN3. The standard InChI is InChI=1S/C10H14ClN3/c1-7-2-10(14-6-13-7)12-5-8-3-9(11)4-8/h2,6,8-9H,3-5H2,1H3,(H,12,13,14). The van der Waals surface area contributed by atoms with E-state index in [1.165, 1.54) is 0 Å².